The number of halogens is 1. The minimum absolute atomic E-state index is 0.0181. The fourth-order valence-electron chi connectivity index (χ4n) is 2.44. The lowest BCUT2D eigenvalue weighted by Gasteiger charge is -2.27. The van der Waals surface area contributed by atoms with Crippen molar-refractivity contribution in [2.24, 2.45) is 11.7 Å². The highest BCUT2D eigenvalue weighted by Gasteiger charge is 2.25. The molecule has 0 radical (unpaired) electrons. The van der Waals surface area contributed by atoms with Crippen LogP contribution in [0.2, 0.25) is 0 Å². The SMILES string of the molecule is CCCCC(CC)C(=O)N(CCCN)c1ccccc1F. The first-order valence-corrected chi connectivity index (χ1v) is 7.91. The van der Waals surface area contributed by atoms with Crippen molar-refractivity contribution in [3.63, 3.8) is 0 Å². The normalized spacial score (nSPS) is 12.2. The Labute approximate surface area is 127 Å². The number of amides is 1. The van der Waals surface area contributed by atoms with E-state index in [1.54, 1.807) is 23.1 Å². The largest absolute Gasteiger partial charge is 0.330 e. The Hall–Kier alpha value is -1.42. The number of hydrogen-bond acceptors (Lipinski definition) is 2. The Balaban J connectivity index is 2.95. The predicted molar refractivity (Wildman–Crippen MR) is 85.7 cm³/mol. The highest BCUT2D eigenvalue weighted by molar-refractivity contribution is 5.95. The van der Waals surface area contributed by atoms with Crippen LogP contribution in [0.4, 0.5) is 10.1 Å². The molecule has 0 saturated carbocycles. The zero-order valence-corrected chi connectivity index (χ0v) is 13.1. The smallest absolute Gasteiger partial charge is 0.230 e. The first kappa shape index (κ1) is 17.6. The van der Waals surface area contributed by atoms with Gasteiger partial charge in [-0.25, -0.2) is 4.39 Å². The Morgan fingerprint density at radius 1 is 1.29 bits per heavy atom. The summed E-state index contributed by atoms with van der Waals surface area (Å²) in [6.07, 6.45) is 4.40. The van der Waals surface area contributed by atoms with E-state index in [1.165, 1.54) is 6.07 Å². The van der Waals surface area contributed by atoms with Gasteiger partial charge in [-0.15, -0.1) is 0 Å². The summed E-state index contributed by atoms with van der Waals surface area (Å²) in [6, 6.07) is 6.45. The van der Waals surface area contributed by atoms with E-state index >= 15 is 0 Å². The average molecular weight is 294 g/mol. The van der Waals surface area contributed by atoms with Gasteiger partial charge in [0, 0.05) is 12.5 Å². The van der Waals surface area contributed by atoms with Crippen molar-refractivity contribution in [3.8, 4) is 0 Å². The molecule has 2 N–H and O–H groups in total. The number of unbranched alkanes of at least 4 members (excludes halogenated alkanes) is 1. The van der Waals surface area contributed by atoms with Crippen LogP contribution in [-0.2, 0) is 4.79 Å². The summed E-state index contributed by atoms with van der Waals surface area (Å²) in [5.74, 6) is -0.375. The standard InChI is InChI=1S/C17H27FN2O/c1-3-5-9-14(4-2)17(21)20(13-8-12-19)16-11-7-6-10-15(16)18/h6-7,10-11,14H,3-5,8-9,12-13,19H2,1-2H3. The number of para-hydroxylation sites is 1. The van der Waals surface area contributed by atoms with Crippen LogP contribution in [0.25, 0.3) is 0 Å². The summed E-state index contributed by atoms with van der Waals surface area (Å²) in [5, 5.41) is 0. The lowest BCUT2D eigenvalue weighted by Crippen LogP contribution is -2.38. The number of anilines is 1. The van der Waals surface area contributed by atoms with Crippen LogP contribution in [0.5, 0.6) is 0 Å². The zero-order valence-electron chi connectivity index (χ0n) is 13.1. The van der Waals surface area contributed by atoms with Crippen molar-refractivity contribution in [3.05, 3.63) is 30.1 Å². The molecule has 0 aliphatic carbocycles. The average Bonchev–Trinajstić information content (AvgIpc) is 2.50. The van der Waals surface area contributed by atoms with Gasteiger partial charge in [-0.3, -0.25) is 4.79 Å². The molecule has 0 saturated heterocycles. The van der Waals surface area contributed by atoms with E-state index in [4.69, 9.17) is 5.73 Å². The van der Waals surface area contributed by atoms with Crippen molar-refractivity contribution in [1.82, 2.24) is 0 Å². The van der Waals surface area contributed by atoms with E-state index in [2.05, 4.69) is 6.92 Å². The summed E-state index contributed by atoms with van der Waals surface area (Å²) >= 11 is 0. The number of benzene rings is 1. The first-order valence-electron chi connectivity index (χ1n) is 7.91. The lowest BCUT2D eigenvalue weighted by molar-refractivity contribution is -0.122. The molecule has 0 bridgehead atoms. The molecule has 0 aliphatic heterocycles. The molecule has 1 aromatic rings. The van der Waals surface area contributed by atoms with Gasteiger partial charge in [-0.05, 0) is 37.9 Å². The number of nitrogens with two attached hydrogens (primary N) is 1. The molecule has 1 rings (SSSR count). The van der Waals surface area contributed by atoms with E-state index in [-0.39, 0.29) is 17.6 Å². The number of nitrogens with zero attached hydrogens (tertiary/aromatic N) is 1. The monoisotopic (exact) mass is 294 g/mol. The Morgan fingerprint density at radius 3 is 2.57 bits per heavy atom. The second kappa shape index (κ2) is 9.50. The maximum absolute atomic E-state index is 14.0. The van der Waals surface area contributed by atoms with Gasteiger partial charge < -0.3 is 10.6 Å². The fourth-order valence-corrected chi connectivity index (χ4v) is 2.44. The van der Waals surface area contributed by atoms with Crippen LogP contribution < -0.4 is 10.6 Å². The summed E-state index contributed by atoms with van der Waals surface area (Å²) in [5.41, 5.74) is 5.92. The van der Waals surface area contributed by atoms with Crippen LogP contribution in [0.1, 0.15) is 46.0 Å². The zero-order chi connectivity index (χ0) is 15.7. The van der Waals surface area contributed by atoms with Crippen molar-refractivity contribution in [1.29, 1.82) is 0 Å². The maximum atomic E-state index is 14.0. The van der Waals surface area contributed by atoms with Crippen LogP contribution in [0.3, 0.4) is 0 Å². The highest BCUT2D eigenvalue weighted by Crippen LogP contribution is 2.24. The van der Waals surface area contributed by atoms with Crippen molar-refractivity contribution >= 4 is 11.6 Å². The molecule has 1 aromatic carbocycles. The summed E-state index contributed by atoms with van der Waals surface area (Å²) in [7, 11) is 0. The number of rotatable bonds is 9. The Kier molecular flexibility index (Phi) is 7.98. The third kappa shape index (κ3) is 5.12. The van der Waals surface area contributed by atoms with Crippen LogP contribution in [0.15, 0.2) is 24.3 Å². The summed E-state index contributed by atoms with van der Waals surface area (Å²) < 4.78 is 14.0. The van der Waals surface area contributed by atoms with Gasteiger partial charge >= 0.3 is 0 Å². The molecule has 0 fully saturated rings. The van der Waals surface area contributed by atoms with Crippen LogP contribution >= 0.6 is 0 Å². The third-order valence-electron chi connectivity index (χ3n) is 3.74. The minimum atomic E-state index is -0.354. The van der Waals surface area contributed by atoms with E-state index in [9.17, 15) is 9.18 Å². The molecule has 1 atom stereocenters. The van der Waals surface area contributed by atoms with Crippen LogP contribution in [-0.4, -0.2) is 19.0 Å². The molecular weight excluding hydrogens is 267 g/mol. The van der Waals surface area contributed by atoms with E-state index in [1.807, 2.05) is 6.92 Å². The second-order valence-electron chi connectivity index (χ2n) is 5.33. The van der Waals surface area contributed by atoms with Gasteiger partial charge in [0.15, 0.2) is 0 Å². The molecular formula is C17H27FN2O. The lowest BCUT2D eigenvalue weighted by atomic mass is 9.97. The topological polar surface area (TPSA) is 46.3 Å². The molecule has 0 heterocycles. The molecule has 1 amide bonds. The van der Waals surface area contributed by atoms with Gasteiger partial charge in [-0.2, -0.15) is 0 Å². The summed E-state index contributed by atoms with van der Waals surface area (Å²) in [6.45, 7) is 5.09. The fraction of sp³-hybridized carbons (Fsp3) is 0.588. The number of hydrogen-bond donors (Lipinski definition) is 1. The van der Waals surface area contributed by atoms with Crippen molar-refractivity contribution < 1.29 is 9.18 Å². The van der Waals surface area contributed by atoms with Crippen molar-refractivity contribution in [2.45, 2.75) is 46.0 Å². The van der Waals surface area contributed by atoms with Crippen LogP contribution in [0, 0.1) is 11.7 Å². The minimum Gasteiger partial charge on any atom is -0.330 e. The van der Waals surface area contributed by atoms with Gasteiger partial charge in [0.2, 0.25) is 5.91 Å². The molecule has 0 aromatic heterocycles. The number of carbonyl (C=O) groups excluding carboxylic acids is 1. The predicted octanol–water partition coefficient (Wildman–Crippen LogP) is 3.72. The Bertz CT molecular complexity index is 437. The molecule has 118 valence electrons. The third-order valence-corrected chi connectivity index (χ3v) is 3.74. The molecule has 0 aliphatic rings. The van der Waals surface area contributed by atoms with Gasteiger partial charge in [0.1, 0.15) is 5.82 Å². The van der Waals surface area contributed by atoms with E-state index < -0.39 is 0 Å². The maximum Gasteiger partial charge on any atom is 0.230 e. The van der Waals surface area contributed by atoms with E-state index in [0.29, 0.717) is 25.2 Å². The Morgan fingerprint density at radius 2 is 2.00 bits per heavy atom. The second-order valence-corrected chi connectivity index (χ2v) is 5.33. The van der Waals surface area contributed by atoms with Gasteiger partial charge in [0.25, 0.3) is 0 Å². The molecule has 0 spiro atoms. The quantitative estimate of drug-likeness (QED) is 0.754. The molecule has 21 heavy (non-hydrogen) atoms. The summed E-state index contributed by atoms with van der Waals surface area (Å²) in [4.78, 5) is 14.3. The van der Waals surface area contributed by atoms with E-state index in [0.717, 1.165) is 25.7 Å². The number of carbonyl (C=O) groups is 1. The van der Waals surface area contributed by atoms with Gasteiger partial charge in [0.05, 0.1) is 5.69 Å². The molecule has 4 heteroatoms. The van der Waals surface area contributed by atoms with Crippen molar-refractivity contribution in [2.75, 3.05) is 18.0 Å². The highest BCUT2D eigenvalue weighted by atomic mass is 19.1. The molecule has 1 unspecified atom stereocenters. The van der Waals surface area contributed by atoms with Gasteiger partial charge in [-0.1, -0.05) is 38.8 Å². The molecule has 3 nitrogen and oxygen atoms in total. The first-order chi connectivity index (χ1) is 10.2.